The van der Waals surface area contributed by atoms with Gasteiger partial charge in [0.25, 0.3) is 8.32 Å². The molecule has 0 spiro atoms. The number of hydrogen-bond acceptors (Lipinski definition) is 4. The summed E-state index contributed by atoms with van der Waals surface area (Å²) in [6.07, 6.45) is -1.97. The van der Waals surface area contributed by atoms with E-state index in [-0.39, 0.29) is 5.04 Å². The number of ether oxygens (including phenoxy) is 2. The summed E-state index contributed by atoms with van der Waals surface area (Å²) in [6.45, 7) is 10.8. The van der Waals surface area contributed by atoms with Crippen LogP contribution in [-0.2, 0) is 13.9 Å². The topological polar surface area (TPSA) is 47.9 Å². The number of benzene rings is 3. The summed E-state index contributed by atoms with van der Waals surface area (Å²) in [6, 6.07) is 31.0. The van der Waals surface area contributed by atoms with Gasteiger partial charge in [-0.2, -0.15) is 0 Å². The molecule has 4 rings (SSSR count). The van der Waals surface area contributed by atoms with Gasteiger partial charge in [0.05, 0.1) is 12.7 Å². The average molecular weight is 477 g/mol. The van der Waals surface area contributed by atoms with Gasteiger partial charge in [-0.25, -0.2) is 0 Å². The van der Waals surface area contributed by atoms with Gasteiger partial charge in [-0.05, 0) is 34.8 Å². The second kappa shape index (κ2) is 9.76. The molecule has 3 aromatic carbocycles. The Hall–Kier alpha value is -2.28. The molecule has 0 aliphatic carbocycles. The first kappa shape index (κ1) is 24.8. The molecule has 1 aliphatic heterocycles. The highest BCUT2D eigenvalue weighted by atomic mass is 28.4. The maximum Gasteiger partial charge on any atom is 0.262 e. The molecule has 1 aliphatic rings. The van der Waals surface area contributed by atoms with Gasteiger partial charge in [-0.1, -0.05) is 112 Å². The van der Waals surface area contributed by atoms with Crippen molar-refractivity contribution >= 4 is 18.7 Å². The Balaban J connectivity index is 1.87. The summed E-state index contributed by atoms with van der Waals surface area (Å²) in [5, 5.41) is 13.8. The fraction of sp³-hybridized carbons (Fsp3) is 0.379. The normalized spacial score (nSPS) is 20.1. The summed E-state index contributed by atoms with van der Waals surface area (Å²) >= 11 is 0. The molecular weight excluding hydrogens is 440 g/mol. The molecule has 1 saturated heterocycles. The van der Waals surface area contributed by atoms with Gasteiger partial charge in [0.15, 0.2) is 5.79 Å². The molecule has 1 fully saturated rings. The average Bonchev–Trinajstić information content (AvgIpc) is 3.20. The first-order chi connectivity index (χ1) is 16.1. The predicted molar refractivity (Wildman–Crippen MR) is 139 cm³/mol. The lowest BCUT2D eigenvalue weighted by molar-refractivity contribution is -0.159. The number of aliphatic hydroxyl groups excluding tert-OH is 1. The maximum atomic E-state index is 11.7. The van der Waals surface area contributed by atoms with Crippen LogP contribution in [0.3, 0.4) is 0 Å². The third-order valence-corrected chi connectivity index (χ3v) is 11.6. The van der Waals surface area contributed by atoms with Gasteiger partial charge in [-0.3, -0.25) is 0 Å². The van der Waals surface area contributed by atoms with Crippen LogP contribution in [0.5, 0.6) is 0 Å². The van der Waals surface area contributed by atoms with E-state index in [0.717, 1.165) is 5.56 Å². The van der Waals surface area contributed by atoms with Crippen LogP contribution < -0.4 is 10.4 Å². The van der Waals surface area contributed by atoms with Gasteiger partial charge in [-0.15, -0.1) is 0 Å². The van der Waals surface area contributed by atoms with E-state index >= 15 is 0 Å². The van der Waals surface area contributed by atoms with E-state index < -0.39 is 32.4 Å². The molecule has 5 heteroatoms. The van der Waals surface area contributed by atoms with Crippen LogP contribution in [-0.4, -0.2) is 38.0 Å². The van der Waals surface area contributed by atoms with Crippen molar-refractivity contribution in [1.29, 1.82) is 0 Å². The maximum absolute atomic E-state index is 11.7. The van der Waals surface area contributed by atoms with Crippen LogP contribution >= 0.6 is 0 Å². The summed E-state index contributed by atoms with van der Waals surface area (Å²) in [5.74, 6) is -0.732. The first-order valence-corrected chi connectivity index (χ1v) is 13.9. The zero-order chi connectivity index (χ0) is 24.4. The number of aliphatic hydroxyl groups is 1. The minimum atomic E-state index is -2.90. The van der Waals surface area contributed by atoms with E-state index in [2.05, 4.69) is 69.3 Å². The molecule has 1 heterocycles. The van der Waals surface area contributed by atoms with Gasteiger partial charge >= 0.3 is 0 Å². The SMILES string of the molecule is CC1(C)OC[C@H]([C@H](O)[C@H](O[Si](c2ccccc2)(c2ccccc2)C(C)(C)C)c2ccccc2)O1. The lowest BCUT2D eigenvalue weighted by atomic mass is 10.0. The molecule has 3 atom stereocenters. The Morgan fingerprint density at radius 2 is 1.32 bits per heavy atom. The predicted octanol–water partition coefficient (Wildman–Crippen LogP) is 4.82. The van der Waals surface area contributed by atoms with E-state index in [4.69, 9.17) is 13.9 Å². The smallest absolute Gasteiger partial charge is 0.262 e. The highest BCUT2D eigenvalue weighted by Crippen LogP contribution is 2.42. The largest absolute Gasteiger partial charge is 0.398 e. The fourth-order valence-electron chi connectivity index (χ4n) is 4.94. The third kappa shape index (κ3) is 4.90. The quantitative estimate of drug-likeness (QED) is 0.497. The van der Waals surface area contributed by atoms with E-state index in [9.17, 15) is 5.11 Å². The number of hydrogen-bond donors (Lipinski definition) is 1. The van der Waals surface area contributed by atoms with Crippen LogP contribution in [0.25, 0.3) is 0 Å². The molecule has 0 aromatic heterocycles. The van der Waals surface area contributed by atoms with Gasteiger partial charge < -0.3 is 19.0 Å². The number of rotatable bonds is 7. The van der Waals surface area contributed by atoms with Crippen LogP contribution in [0, 0.1) is 0 Å². The Labute approximate surface area is 204 Å². The molecule has 3 aromatic rings. The monoisotopic (exact) mass is 476 g/mol. The van der Waals surface area contributed by atoms with Crippen molar-refractivity contribution in [3.8, 4) is 0 Å². The zero-order valence-electron chi connectivity index (χ0n) is 20.8. The molecule has 0 unspecified atom stereocenters. The Morgan fingerprint density at radius 1 is 0.853 bits per heavy atom. The highest BCUT2D eigenvalue weighted by molar-refractivity contribution is 6.99. The van der Waals surface area contributed by atoms with Crippen LogP contribution in [0.1, 0.15) is 46.3 Å². The van der Waals surface area contributed by atoms with Crippen molar-refractivity contribution in [3.05, 3.63) is 96.6 Å². The second-order valence-corrected chi connectivity index (χ2v) is 14.7. The minimum Gasteiger partial charge on any atom is -0.398 e. The van der Waals surface area contributed by atoms with Crippen molar-refractivity contribution in [3.63, 3.8) is 0 Å². The summed E-state index contributed by atoms with van der Waals surface area (Å²) in [7, 11) is -2.90. The first-order valence-electron chi connectivity index (χ1n) is 12.0. The molecule has 0 saturated carbocycles. The molecule has 0 radical (unpaired) electrons. The Morgan fingerprint density at radius 3 is 1.74 bits per heavy atom. The molecule has 34 heavy (non-hydrogen) atoms. The second-order valence-electron chi connectivity index (χ2n) is 10.5. The van der Waals surface area contributed by atoms with Crippen molar-refractivity contribution < 1.29 is 19.0 Å². The molecule has 1 N–H and O–H groups in total. The zero-order valence-corrected chi connectivity index (χ0v) is 21.8. The molecule has 4 nitrogen and oxygen atoms in total. The standard InChI is InChI=1S/C29H36O4Si/c1-28(2,3)34(23-17-11-7-12-18-23,24-19-13-8-14-20-24)33-27(22-15-9-6-10-16-22)26(30)25-21-31-29(4,5)32-25/h6-20,25-27,30H,21H2,1-5H3/t25-,26+,27-/m1/s1. The molecule has 180 valence electrons. The third-order valence-electron chi connectivity index (χ3n) is 6.57. The van der Waals surface area contributed by atoms with Gasteiger partial charge in [0, 0.05) is 0 Å². The van der Waals surface area contributed by atoms with Gasteiger partial charge in [0.2, 0.25) is 0 Å². The van der Waals surface area contributed by atoms with Crippen molar-refractivity contribution in [2.45, 2.75) is 63.8 Å². The lowest BCUT2D eigenvalue weighted by Gasteiger charge is -2.46. The summed E-state index contributed by atoms with van der Waals surface area (Å²) in [5.41, 5.74) is 0.927. The molecule has 0 amide bonds. The van der Waals surface area contributed by atoms with E-state index in [1.54, 1.807) is 0 Å². The van der Waals surface area contributed by atoms with E-state index in [1.165, 1.54) is 10.4 Å². The van der Waals surface area contributed by atoms with Crippen LogP contribution in [0.2, 0.25) is 5.04 Å². The molecule has 0 bridgehead atoms. The van der Waals surface area contributed by atoms with Gasteiger partial charge in [0.1, 0.15) is 12.2 Å². The summed E-state index contributed by atoms with van der Waals surface area (Å²) < 4.78 is 19.2. The Bertz CT molecular complexity index is 1010. The van der Waals surface area contributed by atoms with E-state index in [1.807, 2.05) is 56.3 Å². The fourth-order valence-corrected chi connectivity index (χ4v) is 9.61. The van der Waals surface area contributed by atoms with Crippen LogP contribution in [0.15, 0.2) is 91.0 Å². The molecular formula is C29H36O4Si. The van der Waals surface area contributed by atoms with Crippen molar-refractivity contribution in [1.82, 2.24) is 0 Å². The highest BCUT2D eigenvalue weighted by Gasteiger charge is 2.53. The lowest BCUT2D eigenvalue weighted by Crippen LogP contribution is -2.67. The van der Waals surface area contributed by atoms with E-state index in [0.29, 0.717) is 6.61 Å². The van der Waals surface area contributed by atoms with Crippen molar-refractivity contribution in [2.24, 2.45) is 0 Å². The Kier molecular flexibility index (Phi) is 7.13. The van der Waals surface area contributed by atoms with Crippen molar-refractivity contribution in [2.75, 3.05) is 6.61 Å². The van der Waals surface area contributed by atoms with Crippen LogP contribution in [0.4, 0.5) is 0 Å². The summed E-state index contributed by atoms with van der Waals surface area (Å²) in [4.78, 5) is 0. The minimum absolute atomic E-state index is 0.214.